The molecule has 0 bridgehead atoms. The SMILES string of the molecule is CC1(C)CC1C(O)Cc1cccc(Cl)c1. The Bertz CT molecular complexity index is 359. The highest BCUT2D eigenvalue weighted by Crippen LogP contribution is 2.53. The largest absolute Gasteiger partial charge is 0.392 e. The van der Waals surface area contributed by atoms with Crippen LogP contribution in [0.3, 0.4) is 0 Å². The molecule has 1 nitrogen and oxygen atoms in total. The third-order valence-electron chi connectivity index (χ3n) is 3.39. The third-order valence-corrected chi connectivity index (χ3v) is 3.62. The monoisotopic (exact) mass is 224 g/mol. The summed E-state index contributed by atoms with van der Waals surface area (Å²) in [7, 11) is 0. The van der Waals surface area contributed by atoms with Crippen molar-refractivity contribution in [2.24, 2.45) is 11.3 Å². The Morgan fingerprint density at radius 2 is 2.20 bits per heavy atom. The average molecular weight is 225 g/mol. The molecule has 1 fully saturated rings. The fourth-order valence-electron chi connectivity index (χ4n) is 2.21. The van der Waals surface area contributed by atoms with Crippen LogP contribution in [-0.2, 0) is 6.42 Å². The van der Waals surface area contributed by atoms with Crippen molar-refractivity contribution in [2.45, 2.75) is 32.8 Å². The Morgan fingerprint density at radius 1 is 1.53 bits per heavy atom. The second kappa shape index (κ2) is 3.80. The minimum atomic E-state index is -0.224. The predicted octanol–water partition coefficient (Wildman–Crippen LogP) is 3.29. The summed E-state index contributed by atoms with van der Waals surface area (Å²) < 4.78 is 0. The molecular weight excluding hydrogens is 208 g/mol. The smallest absolute Gasteiger partial charge is 0.0614 e. The van der Waals surface area contributed by atoms with Crippen LogP contribution >= 0.6 is 11.6 Å². The van der Waals surface area contributed by atoms with Gasteiger partial charge >= 0.3 is 0 Å². The van der Waals surface area contributed by atoms with E-state index in [4.69, 9.17) is 11.6 Å². The quantitative estimate of drug-likeness (QED) is 0.836. The lowest BCUT2D eigenvalue weighted by molar-refractivity contribution is 0.137. The summed E-state index contributed by atoms with van der Waals surface area (Å²) in [6.45, 7) is 4.41. The number of benzene rings is 1. The maximum Gasteiger partial charge on any atom is 0.0614 e. The van der Waals surface area contributed by atoms with E-state index in [1.807, 2.05) is 24.3 Å². The minimum Gasteiger partial charge on any atom is -0.392 e. The van der Waals surface area contributed by atoms with Crippen molar-refractivity contribution in [3.05, 3.63) is 34.9 Å². The van der Waals surface area contributed by atoms with Gasteiger partial charge in [-0.1, -0.05) is 37.6 Å². The van der Waals surface area contributed by atoms with E-state index in [0.717, 1.165) is 17.0 Å². The highest BCUT2D eigenvalue weighted by atomic mass is 35.5. The Hall–Kier alpha value is -0.530. The molecule has 0 aromatic heterocycles. The van der Waals surface area contributed by atoms with Gasteiger partial charge in [-0.25, -0.2) is 0 Å². The first-order chi connectivity index (χ1) is 6.99. The molecule has 2 heteroatoms. The van der Waals surface area contributed by atoms with E-state index in [2.05, 4.69) is 13.8 Å². The van der Waals surface area contributed by atoms with E-state index < -0.39 is 0 Å². The molecule has 82 valence electrons. The second-order valence-electron chi connectivity index (χ2n) is 5.20. The van der Waals surface area contributed by atoms with E-state index in [-0.39, 0.29) is 6.10 Å². The average Bonchev–Trinajstić information content (AvgIpc) is 2.75. The number of aliphatic hydroxyl groups is 1. The van der Waals surface area contributed by atoms with E-state index in [1.54, 1.807) is 0 Å². The maximum absolute atomic E-state index is 10.0. The Balaban J connectivity index is 1.98. The Morgan fingerprint density at radius 3 is 2.73 bits per heavy atom. The van der Waals surface area contributed by atoms with Gasteiger partial charge in [0.25, 0.3) is 0 Å². The first-order valence-electron chi connectivity index (χ1n) is 5.41. The lowest BCUT2D eigenvalue weighted by Gasteiger charge is -2.12. The van der Waals surface area contributed by atoms with Gasteiger partial charge in [0.05, 0.1) is 6.10 Å². The van der Waals surface area contributed by atoms with Crippen molar-refractivity contribution in [2.75, 3.05) is 0 Å². The van der Waals surface area contributed by atoms with Crippen molar-refractivity contribution in [3.63, 3.8) is 0 Å². The van der Waals surface area contributed by atoms with Crippen LogP contribution in [-0.4, -0.2) is 11.2 Å². The van der Waals surface area contributed by atoms with Crippen LogP contribution < -0.4 is 0 Å². The van der Waals surface area contributed by atoms with Gasteiger partial charge in [-0.3, -0.25) is 0 Å². The van der Waals surface area contributed by atoms with Crippen LogP contribution in [0, 0.1) is 11.3 Å². The zero-order valence-corrected chi connectivity index (χ0v) is 9.96. The molecule has 0 heterocycles. The van der Waals surface area contributed by atoms with Crippen LogP contribution in [0.25, 0.3) is 0 Å². The van der Waals surface area contributed by atoms with Gasteiger partial charge in [0.15, 0.2) is 0 Å². The number of rotatable bonds is 3. The predicted molar refractivity (Wildman–Crippen MR) is 63.1 cm³/mol. The van der Waals surface area contributed by atoms with E-state index in [9.17, 15) is 5.11 Å². The van der Waals surface area contributed by atoms with Gasteiger partial charge in [0.1, 0.15) is 0 Å². The molecule has 0 saturated heterocycles. The van der Waals surface area contributed by atoms with Crippen molar-refractivity contribution in [1.29, 1.82) is 0 Å². The molecule has 15 heavy (non-hydrogen) atoms. The molecule has 1 saturated carbocycles. The number of hydrogen-bond acceptors (Lipinski definition) is 1. The van der Waals surface area contributed by atoms with Crippen molar-refractivity contribution in [3.8, 4) is 0 Å². The third kappa shape index (κ3) is 2.53. The zero-order valence-electron chi connectivity index (χ0n) is 9.20. The summed E-state index contributed by atoms with van der Waals surface area (Å²) in [5, 5.41) is 10.8. The lowest BCUT2D eigenvalue weighted by atomic mass is 10.00. The van der Waals surface area contributed by atoms with E-state index in [0.29, 0.717) is 17.8 Å². The van der Waals surface area contributed by atoms with Crippen LogP contribution in [0.4, 0.5) is 0 Å². The summed E-state index contributed by atoms with van der Waals surface area (Å²) in [6, 6.07) is 7.74. The first-order valence-corrected chi connectivity index (χ1v) is 5.79. The molecule has 2 atom stereocenters. The number of halogens is 1. The first kappa shape index (κ1) is 11.0. The summed E-state index contributed by atoms with van der Waals surface area (Å²) in [4.78, 5) is 0. The van der Waals surface area contributed by atoms with Crippen LogP contribution in [0.1, 0.15) is 25.8 Å². The van der Waals surface area contributed by atoms with E-state index in [1.165, 1.54) is 0 Å². The molecule has 0 aliphatic heterocycles. The fourth-order valence-corrected chi connectivity index (χ4v) is 2.43. The Kier molecular flexibility index (Phi) is 2.78. The molecule has 1 aliphatic rings. The summed E-state index contributed by atoms with van der Waals surface area (Å²) in [6.07, 6.45) is 1.63. The highest BCUT2D eigenvalue weighted by Gasteiger charge is 2.49. The molecule has 1 aliphatic carbocycles. The number of hydrogen-bond donors (Lipinski definition) is 1. The van der Waals surface area contributed by atoms with Gasteiger partial charge in [0, 0.05) is 5.02 Å². The molecule has 2 unspecified atom stereocenters. The van der Waals surface area contributed by atoms with Gasteiger partial charge in [0.2, 0.25) is 0 Å². The maximum atomic E-state index is 10.0. The van der Waals surface area contributed by atoms with Crippen LogP contribution in [0.2, 0.25) is 5.02 Å². The van der Waals surface area contributed by atoms with Crippen LogP contribution in [0.5, 0.6) is 0 Å². The minimum absolute atomic E-state index is 0.224. The molecule has 2 rings (SSSR count). The molecular formula is C13H17ClO. The van der Waals surface area contributed by atoms with E-state index >= 15 is 0 Å². The summed E-state index contributed by atoms with van der Waals surface area (Å²) >= 11 is 5.90. The zero-order chi connectivity index (χ0) is 11.1. The standard InChI is InChI=1S/C13H17ClO/c1-13(2)8-11(13)12(15)7-9-4-3-5-10(14)6-9/h3-6,11-12,15H,7-8H2,1-2H3. The lowest BCUT2D eigenvalue weighted by Crippen LogP contribution is -2.16. The van der Waals surface area contributed by atoms with Crippen LogP contribution in [0.15, 0.2) is 24.3 Å². The van der Waals surface area contributed by atoms with Gasteiger partial charge in [-0.2, -0.15) is 0 Å². The Labute approximate surface area is 96.1 Å². The molecule has 0 radical (unpaired) electrons. The van der Waals surface area contributed by atoms with Gasteiger partial charge in [-0.05, 0) is 41.9 Å². The van der Waals surface area contributed by atoms with Crippen molar-refractivity contribution < 1.29 is 5.11 Å². The van der Waals surface area contributed by atoms with Crippen molar-refractivity contribution >= 4 is 11.6 Å². The second-order valence-corrected chi connectivity index (χ2v) is 5.64. The molecule has 1 aromatic carbocycles. The van der Waals surface area contributed by atoms with Crippen molar-refractivity contribution in [1.82, 2.24) is 0 Å². The normalized spacial score (nSPS) is 24.9. The highest BCUT2D eigenvalue weighted by molar-refractivity contribution is 6.30. The molecule has 0 amide bonds. The number of aliphatic hydroxyl groups excluding tert-OH is 1. The topological polar surface area (TPSA) is 20.2 Å². The summed E-state index contributed by atoms with van der Waals surface area (Å²) in [5.74, 6) is 0.455. The van der Waals surface area contributed by atoms with Gasteiger partial charge in [-0.15, -0.1) is 0 Å². The molecule has 1 aromatic rings. The van der Waals surface area contributed by atoms with Gasteiger partial charge < -0.3 is 5.11 Å². The molecule has 1 N–H and O–H groups in total. The summed E-state index contributed by atoms with van der Waals surface area (Å²) in [5.41, 5.74) is 1.45. The fraction of sp³-hybridized carbons (Fsp3) is 0.538. The molecule has 0 spiro atoms.